The van der Waals surface area contributed by atoms with Crippen molar-refractivity contribution < 1.29 is 14.3 Å². The van der Waals surface area contributed by atoms with Gasteiger partial charge >= 0.3 is 5.97 Å². The third-order valence-corrected chi connectivity index (χ3v) is 3.09. The fourth-order valence-corrected chi connectivity index (χ4v) is 1.98. The maximum absolute atomic E-state index is 13.2. The lowest BCUT2D eigenvalue weighted by Crippen LogP contribution is -1.96. The van der Waals surface area contributed by atoms with Crippen LogP contribution in [0.1, 0.15) is 25.0 Å². The van der Waals surface area contributed by atoms with Gasteiger partial charge in [-0.2, -0.15) is 0 Å². The van der Waals surface area contributed by atoms with Crippen LogP contribution in [0.5, 0.6) is 0 Å². The van der Waals surface area contributed by atoms with Crippen LogP contribution in [-0.2, 0) is 11.2 Å². The third kappa shape index (κ3) is 3.77. The second kappa shape index (κ2) is 6.47. The Morgan fingerprint density at radius 1 is 1.40 bits per heavy atom. The van der Waals surface area contributed by atoms with Gasteiger partial charge in [0.2, 0.25) is 0 Å². The van der Waals surface area contributed by atoms with Gasteiger partial charge in [-0.1, -0.05) is 16.8 Å². The molecule has 2 aromatic rings. The Morgan fingerprint density at radius 3 is 2.95 bits per heavy atom. The molecule has 20 heavy (non-hydrogen) atoms. The molecule has 0 saturated carbocycles. The van der Waals surface area contributed by atoms with Crippen LogP contribution in [0.3, 0.4) is 0 Å². The van der Waals surface area contributed by atoms with E-state index in [-0.39, 0.29) is 6.42 Å². The Kier molecular flexibility index (Phi) is 4.68. The predicted octanol–water partition coefficient (Wildman–Crippen LogP) is 2.86. The first-order valence-electron chi connectivity index (χ1n) is 6.14. The summed E-state index contributed by atoms with van der Waals surface area (Å²) >= 11 is 5.98. The molecule has 0 unspecified atom stereocenters. The van der Waals surface area contributed by atoms with Crippen LogP contribution in [0, 0.1) is 5.82 Å². The molecule has 5 nitrogen and oxygen atoms in total. The number of carboxylic acid groups (broad SMARTS) is 1. The zero-order valence-corrected chi connectivity index (χ0v) is 11.3. The fourth-order valence-electron chi connectivity index (χ4n) is 1.77. The number of hydrogen-bond acceptors (Lipinski definition) is 3. The van der Waals surface area contributed by atoms with Gasteiger partial charge in [0.15, 0.2) is 0 Å². The van der Waals surface area contributed by atoms with E-state index < -0.39 is 11.8 Å². The van der Waals surface area contributed by atoms with Crippen LogP contribution in [0.15, 0.2) is 24.4 Å². The monoisotopic (exact) mass is 297 g/mol. The number of aromatic nitrogens is 3. The van der Waals surface area contributed by atoms with Gasteiger partial charge in [0.1, 0.15) is 5.82 Å². The molecule has 0 amide bonds. The van der Waals surface area contributed by atoms with E-state index in [1.54, 1.807) is 6.20 Å². The van der Waals surface area contributed by atoms with Crippen molar-refractivity contribution in [2.45, 2.75) is 25.7 Å². The van der Waals surface area contributed by atoms with Crippen molar-refractivity contribution >= 4 is 17.6 Å². The van der Waals surface area contributed by atoms with Crippen molar-refractivity contribution in [3.63, 3.8) is 0 Å². The zero-order chi connectivity index (χ0) is 14.5. The van der Waals surface area contributed by atoms with Crippen LogP contribution in [0.4, 0.5) is 4.39 Å². The van der Waals surface area contributed by atoms with Crippen LogP contribution < -0.4 is 0 Å². The van der Waals surface area contributed by atoms with Gasteiger partial charge in [0.05, 0.1) is 22.6 Å². The lowest BCUT2D eigenvalue weighted by molar-refractivity contribution is -0.137. The van der Waals surface area contributed by atoms with Gasteiger partial charge in [0, 0.05) is 12.5 Å². The Hall–Kier alpha value is -1.95. The average Bonchev–Trinajstić information content (AvgIpc) is 2.86. The van der Waals surface area contributed by atoms with Crippen molar-refractivity contribution in [3.8, 4) is 5.69 Å². The zero-order valence-electron chi connectivity index (χ0n) is 10.6. The number of rotatable bonds is 6. The molecule has 0 aliphatic heterocycles. The number of halogens is 2. The Bertz CT molecular complexity index is 615. The highest BCUT2D eigenvalue weighted by molar-refractivity contribution is 6.32. The van der Waals surface area contributed by atoms with Gasteiger partial charge in [0.25, 0.3) is 0 Å². The minimum atomic E-state index is -0.805. The number of nitrogens with zero attached hydrogens (tertiary/aromatic N) is 3. The first-order chi connectivity index (χ1) is 9.56. The molecule has 1 heterocycles. The minimum Gasteiger partial charge on any atom is -0.481 e. The molecule has 0 atom stereocenters. The van der Waals surface area contributed by atoms with Crippen LogP contribution >= 0.6 is 11.6 Å². The largest absolute Gasteiger partial charge is 0.481 e. The highest BCUT2D eigenvalue weighted by atomic mass is 35.5. The van der Waals surface area contributed by atoms with Crippen LogP contribution in [0.2, 0.25) is 5.02 Å². The van der Waals surface area contributed by atoms with Gasteiger partial charge in [-0.05, 0) is 31.4 Å². The van der Waals surface area contributed by atoms with Crippen molar-refractivity contribution in [3.05, 3.63) is 40.9 Å². The number of carboxylic acids is 1. The molecule has 1 aromatic carbocycles. The number of aryl methyl sites for hydroxylation is 1. The van der Waals surface area contributed by atoms with Crippen molar-refractivity contribution in [1.82, 2.24) is 15.0 Å². The maximum Gasteiger partial charge on any atom is 0.303 e. The molecule has 0 aliphatic carbocycles. The summed E-state index contributed by atoms with van der Waals surface area (Å²) in [5, 5.41) is 16.8. The topological polar surface area (TPSA) is 68.0 Å². The molecule has 0 saturated heterocycles. The van der Waals surface area contributed by atoms with Gasteiger partial charge in [-0.25, -0.2) is 9.07 Å². The van der Waals surface area contributed by atoms with Crippen LogP contribution in [-0.4, -0.2) is 26.1 Å². The standard InChI is InChI=1S/C13H13ClFN3O2/c14-11-6-5-9(15)7-12(11)18-8-10(16-17-18)3-1-2-4-13(19)20/h5-8H,1-4H2,(H,19,20). The molecule has 2 rings (SSSR count). The summed E-state index contributed by atoms with van der Waals surface area (Å²) in [5.41, 5.74) is 1.15. The Labute approximate surface area is 120 Å². The molecule has 0 aliphatic rings. The normalized spacial score (nSPS) is 10.7. The molecular formula is C13H13ClFN3O2. The van der Waals surface area contributed by atoms with E-state index in [2.05, 4.69) is 10.3 Å². The quantitative estimate of drug-likeness (QED) is 0.833. The average molecular weight is 298 g/mol. The van der Waals surface area contributed by atoms with Gasteiger partial charge in [-0.3, -0.25) is 4.79 Å². The molecule has 106 valence electrons. The molecule has 0 spiro atoms. The number of carbonyl (C=O) groups is 1. The maximum atomic E-state index is 13.2. The number of hydrogen-bond donors (Lipinski definition) is 1. The Balaban J connectivity index is 2.01. The summed E-state index contributed by atoms with van der Waals surface area (Å²) in [4.78, 5) is 10.4. The second-order valence-electron chi connectivity index (χ2n) is 4.35. The highest BCUT2D eigenvalue weighted by Gasteiger charge is 2.08. The van der Waals surface area contributed by atoms with E-state index >= 15 is 0 Å². The highest BCUT2D eigenvalue weighted by Crippen LogP contribution is 2.20. The van der Waals surface area contributed by atoms with Crippen molar-refractivity contribution in [2.75, 3.05) is 0 Å². The predicted molar refractivity (Wildman–Crippen MR) is 71.5 cm³/mol. The van der Waals surface area contributed by atoms with E-state index in [0.717, 1.165) is 5.69 Å². The second-order valence-corrected chi connectivity index (χ2v) is 4.76. The summed E-state index contributed by atoms with van der Waals surface area (Å²) in [5.74, 6) is -1.21. The lowest BCUT2D eigenvalue weighted by atomic mass is 10.1. The number of benzene rings is 1. The third-order valence-electron chi connectivity index (χ3n) is 2.77. The number of aliphatic carboxylic acids is 1. The molecular weight excluding hydrogens is 285 g/mol. The van der Waals surface area contributed by atoms with Gasteiger partial charge < -0.3 is 5.11 Å². The summed E-state index contributed by atoms with van der Waals surface area (Å²) in [6.07, 6.45) is 3.73. The SMILES string of the molecule is O=C(O)CCCCc1cn(-c2cc(F)ccc2Cl)nn1. The summed E-state index contributed by atoms with van der Waals surface area (Å²) in [6, 6.07) is 4.02. The van der Waals surface area contributed by atoms with Crippen molar-refractivity contribution in [2.24, 2.45) is 0 Å². The summed E-state index contributed by atoms with van der Waals surface area (Å²) < 4.78 is 14.6. The summed E-state index contributed by atoms with van der Waals surface area (Å²) in [6.45, 7) is 0. The number of unbranched alkanes of at least 4 members (excludes halogenated alkanes) is 1. The molecule has 1 N–H and O–H groups in total. The molecule has 0 radical (unpaired) electrons. The van der Waals surface area contributed by atoms with Gasteiger partial charge in [-0.15, -0.1) is 5.10 Å². The molecule has 1 aromatic heterocycles. The molecule has 0 bridgehead atoms. The first-order valence-corrected chi connectivity index (χ1v) is 6.52. The van der Waals surface area contributed by atoms with E-state index in [4.69, 9.17) is 16.7 Å². The first kappa shape index (κ1) is 14.5. The van der Waals surface area contributed by atoms with Crippen molar-refractivity contribution in [1.29, 1.82) is 0 Å². The smallest absolute Gasteiger partial charge is 0.303 e. The van der Waals surface area contributed by atoms with E-state index in [1.807, 2.05) is 0 Å². The summed E-state index contributed by atoms with van der Waals surface area (Å²) in [7, 11) is 0. The molecule has 0 fully saturated rings. The fraction of sp³-hybridized carbons (Fsp3) is 0.308. The van der Waals surface area contributed by atoms with E-state index in [1.165, 1.54) is 22.9 Å². The Morgan fingerprint density at radius 2 is 2.20 bits per heavy atom. The lowest BCUT2D eigenvalue weighted by Gasteiger charge is -2.02. The molecule has 7 heteroatoms. The van der Waals surface area contributed by atoms with E-state index in [9.17, 15) is 9.18 Å². The minimum absolute atomic E-state index is 0.143. The van der Waals surface area contributed by atoms with Crippen LogP contribution in [0.25, 0.3) is 5.69 Å². The van der Waals surface area contributed by atoms with E-state index in [0.29, 0.717) is 30.0 Å².